The molecule has 1 amide bonds. The normalized spacial score (nSPS) is 11.6. The molecule has 134 valence electrons. The molecule has 0 saturated heterocycles. The fourth-order valence-electron chi connectivity index (χ4n) is 2.09. The molecule has 6 heteroatoms. The molecule has 0 bridgehead atoms. The maximum Gasteiger partial charge on any atom is 0.230 e. The Bertz CT molecular complexity index is 661. The number of nitrogens with one attached hydrogen (secondary N) is 1. The van der Waals surface area contributed by atoms with E-state index in [2.05, 4.69) is 5.32 Å². The van der Waals surface area contributed by atoms with E-state index in [1.807, 2.05) is 55.5 Å². The molecule has 4 nitrogen and oxygen atoms in total. The summed E-state index contributed by atoms with van der Waals surface area (Å²) in [6.07, 6.45) is 0. The van der Waals surface area contributed by atoms with Crippen molar-refractivity contribution in [1.29, 1.82) is 0 Å². The van der Waals surface area contributed by atoms with Crippen LogP contribution in [0.25, 0.3) is 0 Å². The number of thioether (sulfide) groups is 1. The number of carbonyl (C=O) groups excluding carboxylic acids is 1. The largest absolute Gasteiger partial charge is 0.497 e. The van der Waals surface area contributed by atoms with Crippen LogP contribution in [0.5, 0.6) is 11.5 Å². The molecule has 0 aliphatic carbocycles. The first-order chi connectivity index (χ1) is 12.1. The summed E-state index contributed by atoms with van der Waals surface area (Å²) in [6.45, 7) is 2.34. The van der Waals surface area contributed by atoms with E-state index in [-0.39, 0.29) is 11.9 Å². The molecule has 0 unspecified atom stereocenters. The molecule has 0 aromatic heterocycles. The van der Waals surface area contributed by atoms with Gasteiger partial charge in [-0.05, 0) is 48.9 Å². The van der Waals surface area contributed by atoms with Crippen LogP contribution in [0.15, 0.2) is 48.5 Å². The molecular weight excluding hydrogens is 358 g/mol. The zero-order valence-corrected chi connectivity index (χ0v) is 15.9. The van der Waals surface area contributed by atoms with Gasteiger partial charge < -0.3 is 14.8 Å². The molecule has 1 N–H and O–H groups in total. The standard InChI is InChI=1S/C19H22ClNO3S/c1-14(11-24-18-9-7-17(23-2)8-10-18)21-19(22)13-25-12-15-3-5-16(20)6-4-15/h3-10,14H,11-13H2,1-2H3,(H,21,22)/t14-/m0/s1. The Morgan fingerprint density at radius 3 is 2.40 bits per heavy atom. The molecule has 2 rings (SSSR count). The number of amides is 1. The predicted molar refractivity (Wildman–Crippen MR) is 104 cm³/mol. The van der Waals surface area contributed by atoms with Crippen LogP contribution in [-0.4, -0.2) is 31.4 Å². The van der Waals surface area contributed by atoms with Crippen molar-refractivity contribution in [3.63, 3.8) is 0 Å². The van der Waals surface area contributed by atoms with E-state index in [0.29, 0.717) is 12.4 Å². The lowest BCUT2D eigenvalue weighted by molar-refractivity contribution is -0.119. The zero-order valence-electron chi connectivity index (χ0n) is 14.3. The summed E-state index contributed by atoms with van der Waals surface area (Å²) in [4.78, 5) is 12.0. The van der Waals surface area contributed by atoms with Gasteiger partial charge in [-0.3, -0.25) is 4.79 Å². The summed E-state index contributed by atoms with van der Waals surface area (Å²) in [5.41, 5.74) is 1.15. The topological polar surface area (TPSA) is 47.6 Å². The quantitative estimate of drug-likeness (QED) is 0.710. The van der Waals surface area contributed by atoms with Crippen LogP contribution < -0.4 is 14.8 Å². The van der Waals surface area contributed by atoms with Gasteiger partial charge in [-0.1, -0.05) is 23.7 Å². The summed E-state index contributed by atoms with van der Waals surface area (Å²) in [7, 11) is 1.62. The van der Waals surface area contributed by atoms with Gasteiger partial charge in [-0.2, -0.15) is 0 Å². The van der Waals surface area contributed by atoms with Crippen molar-refractivity contribution in [1.82, 2.24) is 5.32 Å². The van der Waals surface area contributed by atoms with Crippen LogP contribution in [0, 0.1) is 0 Å². The number of halogens is 1. The molecule has 0 fully saturated rings. The lowest BCUT2D eigenvalue weighted by Crippen LogP contribution is -2.37. The first-order valence-electron chi connectivity index (χ1n) is 7.95. The van der Waals surface area contributed by atoms with Gasteiger partial charge in [-0.15, -0.1) is 11.8 Å². The van der Waals surface area contributed by atoms with Crippen molar-refractivity contribution in [3.8, 4) is 11.5 Å². The minimum absolute atomic E-state index is 0.00444. The minimum Gasteiger partial charge on any atom is -0.497 e. The van der Waals surface area contributed by atoms with E-state index < -0.39 is 0 Å². The number of carbonyl (C=O) groups is 1. The van der Waals surface area contributed by atoms with Crippen LogP contribution in [0.4, 0.5) is 0 Å². The van der Waals surface area contributed by atoms with Crippen LogP contribution in [-0.2, 0) is 10.5 Å². The van der Waals surface area contributed by atoms with Crippen molar-refractivity contribution in [2.24, 2.45) is 0 Å². The molecular formula is C19H22ClNO3S. The summed E-state index contributed by atoms with van der Waals surface area (Å²) in [6, 6.07) is 15.0. The van der Waals surface area contributed by atoms with E-state index in [0.717, 1.165) is 27.8 Å². The van der Waals surface area contributed by atoms with E-state index >= 15 is 0 Å². The van der Waals surface area contributed by atoms with E-state index in [1.54, 1.807) is 18.9 Å². The number of ether oxygens (including phenoxy) is 2. The predicted octanol–water partition coefficient (Wildman–Crippen LogP) is 4.17. The van der Waals surface area contributed by atoms with E-state index in [9.17, 15) is 4.79 Å². The van der Waals surface area contributed by atoms with Gasteiger partial charge >= 0.3 is 0 Å². The van der Waals surface area contributed by atoms with Crippen molar-refractivity contribution in [3.05, 3.63) is 59.1 Å². The zero-order chi connectivity index (χ0) is 18.1. The smallest absolute Gasteiger partial charge is 0.230 e. The Labute approximate surface area is 157 Å². The molecule has 0 heterocycles. The second-order valence-electron chi connectivity index (χ2n) is 5.57. The van der Waals surface area contributed by atoms with Gasteiger partial charge in [0.15, 0.2) is 0 Å². The van der Waals surface area contributed by atoms with Crippen molar-refractivity contribution >= 4 is 29.3 Å². The number of rotatable bonds is 9. The Morgan fingerprint density at radius 2 is 1.76 bits per heavy atom. The second kappa shape index (κ2) is 10.2. The molecule has 2 aromatic carbocycles. The number of benzene rings is 2. The van der Waals surface area contributed by atoms with Gasteiger partial charge in [0.25, 0.3) is 0 Å². The number of methoxy groups -OCH3 is 1. The SMILES string of the molecule is COc1ccc(OC[C@H](C)NC(=O)CSCc2ccc(Cl)cc2)cc1. The first-order valence-corrected chi connectivity index (χ1v) is 9.48. The monoisotopic (exact) mass is 379 g/mol. The lowest BCUT2D eigenvalue weighted by atomic mass is 10.2. The Balaban J connectivity index is 1.64. The third-order valence-corrected chi connectivity index (χ3v) is 4.64. The van der Waals surface area contributed by atoms with Crippen LogP contribution in [0.3, 0.4) is 0 Å². The number of hydrogen-bond donors (Lipinski definition) is 1. The van der Waals surface area contributed by atoms with E-state index in [4.69, 9.17) is 21.1 Å². The highest BCUT2D eigenvalue weighted by atomic mass is 35.5. The van der Waals surface area contributed by atoms with Gasteiger partial charge in [-0.25, -0.2) is 0 Å². The second-order valence-corrected chi connectivity index (χ2v) is 7.00. The molecule has 0 radical (unpaired) electrons. The van der Waals surface area contributed by atoms with Crippen molar-refractivity contribution < 1.29 is 14.3 Å². The minimum atomic E-state index is -0.0641. The molecule has 0 aliphatic heterocycles. The molecule has 0 spiro atoms. The fourth-order valence-corrected chi connectivity index (χ4v) is 3.02. The summed E-state index contributed by atoms with van der Waals surface area (Å²) < 4.78 is 10.8. The molecule has 25 heavy (non-hydrogen) atoms. The van der Waals surface area contributed by atoms with Gasteiger partial charge in [0.05, 0.1) is 18.9 Å². The highest BCUT2D eigenvalue weighted by Gasteiger charge is 2.08. The van der Waals surface area contributed by atoms with Crippen LogP contribution >= 0.6 is 23.4 Å². The first kappa shape index (κ1) is 19.5. The van der Waals surface area contributed by atoms with Gasteiger partial charge in [0.2, 0.25) is 5.91 Å². The third-order valence-electron chi connectivity index (χ3n) is 3.38. The molecule has 0 saturated carbocycles. The highest BCUT2D eigenvalue weighted by molar-refractivity contribution is 7.99. The van der Waals surface area contributed by atoms with Gasteiger partial charge in [0, 0.05) is 10.8 Å². The van der Waals surface area contributed by atoms with E-state index in [1.165, 1.54) is 0 Å². The molecule has 0 aliphatic rings. The maximum absolute atomic E-state index is 12.0. The molecule has 1 atom stereocenters. The Kier molecular flexibility index (Phi) is 7.95. The average Bonchev–Trinajstić information content (AvgIpc) is 2.62. The summed E-state index contributed by atoms with van der Waals surface area (Å²) in [5.74, 6) is 2.73. The Morgan fingerprint density at radius 1 is 1.12 bits per heavy atom. The molecule has 2 aromatic rings. The summed E-state index contributed by atoms with van der Waals surface area (Å²) in [5, 5.41) is 3.66. The fraction of sp³-hybridized carbons (Fsp3) is 0.316. The average molecular weight is 380 g/mol. The highest BCUT2D eigenvalue weighted by Crippen LogP contribution is 2.17. The van der Waals surface area contributed by atoms with Crippen LogP contribution in [0.1, 0.15) is 12.5 Å². The Hall–Kier alpha value is -1.85. The van der Waals surface area contributed by atoms with Crippen molar-refractivity contribution in [2.45, 2.75) is 18.7 Å². The lowest BCUT2D eigenvalue weighted by Gasteiger charge is -2.15. The number of hydrogen-bond acceptors (Lipinski definition) is 4. The van der Waals surface area contributed by atoms with Crippen LogP contribution in [0.2, 0.25) is 5.02 Å². The van der Waals surface area contributed by atoms with Crippen molar-refractivity contribution in [2.75, 3.05) is 19.5 Å². The summed E-state index contributed by atoms with van der Waals surface area (Å²) >= 11 is 7.42. The third kappa shape index (κ3) is 7.28. The maximum atomic E-state index is 12.0. The van der Waals surface area contributed by atoms with Gasteiger partial charge in [0.1, 0.15) is 18.1 Å².